The third-order valence-electron chi connectivity index (χ3n) is 4.66. The van der Waals surface area contributed by atoms with Crippen molar-refractivity contribution >= 4 is 10.8 Å². The fraction of sp³-hybridized carbons (Fsp3) is 0.647. The van der Waals surface area contributed by atoms with Crippen LogP contribution in [-0.4, -0.2) is 33.8 Å². The van der Waals surface area contributed by atoms with E-state index in [1.807, 2.05) is 30.3 Å². The van der Waals surface area contributed by atoms with E-state index in [1.165, 1.54) is 32.1 Å². The summed E-state index contributed by atoms with van der Waals surface area (Å²) in [6, 6.07) is 9.58. The molecule has 1 aromatic rings. The second-order valence-electron chi connectivity index (χ2n) is 6.20. The van der Waals surface area contributed by atoms with Crippen LogP contribution in [0.3, 0.4) is 0 Å². The van der Waals surface area contributed by atoms with Gasteiger partial charge in [-0.25, -0.2) is 0 Å². The van der Waals surface area contributed by atoms with E-state index in [0.29, 0.717) is 18.2 Å². The van der Waals surface area contributed by atoms with Gasteiger partial charge in [-0.15, -0.1) is 0 Å². The van der Waals surface area contributed by atoms with Crippen LogP contribution in [0.1, 0.15) is 39.0 Å². The number of aliphatic hydroxyl groups is 1. The van der Waals surface area contributed by atoms with Crippen molar-refractivity contribution in [2.24, 2.45) is 5.92 Å². The lowest BCUT2D eigenvalue weighted by atomic mass is 9.76. The van der Waals surface area contributed by atoms with Crippen molar-refractivity contribution in [2.45, 2.75) is 49.5 Å². The first-order valence-corrected chi connectivity index (χ1v) is 9.27. The van der Waals surface area contributed by atoms with Gasteiger partial charge in [-0.1, -0.05) is 37.5 Å². The van der Waals surface area contributed by atoms with Crippen LogP contribution in [0.25, 0.3) is 0 Å². The molecule has 0 amide bonds. The topological polar surface area (TPSA) is 49.3 Å². The highest BCUT2D eigenvalue weighted by Crippen LogP contribution is 2.32. The Morgan fingerprint density at radius 1 is 1.24 bits per heavy atom. The van der Waals surface area contributed by atoms with Crippen molar-refractivity contribution in [2.75, 3.05) is 18.9 Å². The maximum absolute atomic E-state index is 12.2. The summed E-state index contributed by atoms with van der Waals surface area (Å²) in [6.45, 7) is 2.93. The largest absolute Gasteiger partial charge is 0.394 e. The van der Waals surface area contributed by atoms with Crippen molar-refractivity contribution < 1.29 is 9.32 Å². The molecule has 0 radical (unpaired) electrons. The van der Waals surface area contributed by atoms with Crippen molar-refractivity contribution in [3.05, 3.63) is 30.3 Å². The molecule has 2 N–H and O–H groups in total. The SMILES string of the molecule is C[C@@](CO)(NCC[S@](=O)c1ccccc1)C1CCCCC1. The van der Waals surface area contributed by atoms with E-state index in [4.69, 9.17) is 0 Å². The second kappa shape index (κ2) is 8.06. The normalized spacial score (nSPS) is 20.9. The van der Waals surface area contributed by atoms with Crippen molar-refractivity contribution in [3.63, 3.8) is 0 Å². The fourth-order valence-electron chi connectivity index (χ4n) is 3.19. The van der Waals surface area contributed by atoms with Crippen molar-refractivity contribution in [3.8, 4) is 0 Å². The summed E-state index contributed by atoms with van der Waals surface area (Å²) in [5.41, 5.74) is -0.235. The fourth-order valence-corrected chi connectivity index (χ4v) is 4.17. The molecular weight excluding hydrogens is 282 g/mol. The van der Waals surface area contributed by atoms with E-state index in [0.717, 1.165) is 4.90 Å². The van der Waals surface area contributed by atoms with Crippen LogP contribution >= 0.6 is 0 Å². The molecule has 1 fully saturated rings. The molecule has 0 aromatic heterocycles. The van der Waals surface area contributed by atoms with Gasteiger partial charge < -0.3 is 10.4 Å². The maximum Gasteiger partial charge on any atom is 0.0613 e. The maximum atomic E-state index is 12.2. The Kier molecular flexibility index (Phi) is 6.40. The van der Waals surface area contributed by atoms with Gasteiger partial charge in [-0.05, 0) is 37.8 Å². The van der Waals surface area contributed by atoms with E-state index in [2.05, 4.69) is 12.2 Å². The van der Waals surface area contributed by atoms with Gasteiger partial charge in [0.1, 0.15) is 0 Å². The standard InChI is InChI=1S/C17H27NO2S/c1-17(14-19,15-8-4-2-5-9-15)18-12-13-21(20)16-10-6-3-7-11-16/h3,6-7,10-11,15,18-19H,2,4-5,8-9,12-14H2,1H3/t17-,21-/m0/s1. The second-order valence-corrected chi connectivity index (χ2v) is 7.77. The number of nitrogens with one attached hydrogen (secondary N) is 1. The monoisotopic (exact) mass is 309 g/mol. The summed E-state index contributed by atoms with van der Waals surface area (Å²) in [7, 11) is -0.969. The molecule has 1 aliphatic carbocycles. The number of hydrogen-bond donors (Lipinski definition) is 2. The van der Waals surface area contributed by atoms with Gasteiger partial charge in [-0.3, -0.25) is 4.21 Å². The predicted molar refractivity (Wildman–Crippen MR) is 87.8 cm³/mol. The quantitative estimate of drug-likeness (QED) is 0.814. The van der Waals surface area contributed by atoms with Gasteiger partial charge >= 0.3 is 0 Å². The first-order valence-electron chi connectivity index (χ1n) is 7.95. The predicted octanol–water partition coefficient (Wildman–Crippen LogP) is 2.72. The molecule has 3 nitrogen and oxygen atoms in total. The minimum Gasteiger partial charge on any atom is -0.394 e. The molecule has 4 heteroatoms. The summed E-state index contributed by atoms with van der Waals surface area (Å²) >= 11 is 0. The minimum absolute atomic E-state index is 0.148. The Morgan fingerprint density at radius 2 is 1.90 bits per heavy atom. The van der Waals surface area contributed by atoms with Crippen LogP contribution < -0.4 is 5.32 Å². The molecule has 1 saturated carbocycles. The zero-order chi connectivity index (χ0) is 15.1. The van der Waals surface area contributed by atoms with E-state index >= 15 is 0 Å². The molecule has 1 aliphatic rings. The number of aliphatic hydroxyl groups excluding tert-OH is 1. The van der Waals surface area contributed by atoms with E-state index < -0.39 is 10.8 Å². The van der Waals surface area contributed by atoms with E-state index in [1.54, 1.807) is 0 Å². The van der Waals surface area contributed by atoms with Crippen LogP contribution in [0, 0.1) is 5.92 Å². The molecule has 118 valence electrons. The third kappa shape index (κ3) is 4.63. The highest BCUT2D eigenvalue weighted by Gasteiger charge is 2.33. The zero-order valence-electron chi connectivity index (χ0n) is 12.9. The lowest BCUT2D eigenvalue weighted by Crippen LogP contribution is -2.53. The van der Waals surface area contributed by atoms with Crippen molar-refractivity contribution in [1.29, 1.82) is 0 Å². The van der Waals surface area contributed by atoms with Gasteiger partial charge in [-0.2, -0.15) is 0 Å². The molecule has 2 rings (SSSR count). The minimum atomic E-state index is -0.969. The van der Waals surface area contributed by atoms with Gasteiger partial charge in [0.05, 0.1) is 17.4 Å². The molecule has 0 spiro atoms. The smallest absolute Gasteiger partial charge is 0.0613 e. The molecule has 0 unspecified atom stereocenters. The van der Waals surface area contributed by atoms with Gasteiger partial charge in [0.15, 0.2) is 0 Å². The first kappa shape index (κ1) is 16.7. The van der Waals surface area contributed by atoms with Crippen molar-refractivity contribution in [1.82, 2.24) is 5.32 Å². The number of rotatable bonds is 7. The molecule has 1 aromatic carbocycles. The van der Waals surface area contributed by atoms with Gasteiger partial charge in [0.2, 0.25) is 0 Å². The van der Waals surface area contributed by atoms with Crippen LogP contribution in [0.15, 0.2) is 35.2 Å². The van der Waals surface area contributed by atoms with Crippen LogP contribution in [-0.2, 0) is 10.8 Å². The molecule has 0 bridgehead atoms. The van der Waals surface area contributed by atoms with E-state index in [9.17, 15) is 9.32 Å². The van der Waals surface area contributed by atoms with Crippen LogP contribution in [0.2, 0.25) is 0 Å². The van der Waals surface area contributed by atoms with Gasteiger partial charge in [0.25, 0.3) is 0 Å². The Balaban J connectivity index is 1.84. The Morgan fingerprint density at radius 3 is 2.52 bits per heavy atom. The Labute approximate surface area is 130 Å². The number of hydrogen-bond acceptors (Lipinski definition) is 3. The Hall–Kier alpha value is -0.710. The average Bonchev–Trinajstić information content (AvgIpc) is 2.56. The summed E-state index contributed by atoms with van der Waals surface area (Å²) in [6.07, 6.45) is 6.21. The number of benzene rings is 1. The molecule has 21 heavy (non-hydrogen) atoms. The third-order valence-corrected chi connectivity index (χ3v) is 6.03. The molecule has 0 saturated heterocycles. The lowest BCUT2D eigenvalue weighted by molar-refractivity contribution is 0.0972. The highest BCUT2D eigenvalue weighted by atomic mass is 32.2. The summed E-state index contributed by atoms with van der Waals surface area (Å²) in [4.78, 5) is 0.877. The van der Waals surface area contributed by atoms with Crippen LogP contribution in [0.4, 0.5) is 0 Å². The molecule has 2 atom stereocenters. The van der Waals surface area contributed by atoms with Gasteiger partial charge in [0, 0.05) is 22.7 Å². The summed E-state index contributed by atoms with van der Waals surface area (Å²) in [5, 5.41) is 13.3. The first-order chi connectivity index (χ1) is 10.2. The molecule has 0 aliphatic heterocycles. The van der Waals surface area contributed by atoms with Crippen LogP contribution in [0.5, 0.6) is 0 Å². The summed E-state index contributed by atoms with van der Waals surface area (Å²) < 4.78 is 12.2. The Bertz CT molecular complexity index is 445. The molecular formula is C17H27NO2S. The lowest BCUT2D eigenvalue weighted by Gasteiger charge is -2.39. The summed E-state index contributed by atoms with van der Waals surface area (Å²) in [5.74, 6) is 1.12. The van der Waals surface area contributed by atoms with E-state index in [-0.39, 0.29) is 12.1 Å². The average molecular weight is 309 g/mol. The highest BCUT2D eigenvalue weighted by molar-refractivity contribution is 7.85. The zero-order valence-corrected chi connectivity index (χ0v) is 13.7. The molecule has 0 heterocycles.